The number of nitrogens with one attached hydrogen (secondary N) is 6. The van der Waals surface area contributed by atoms with E-state index in [0.29, 0.717) is 6.42 Å². The summed E-state index contributed by atoms with van der Waals surface area (Å²) in [7, 11) is 0. The van der Waals surface area contributed by atoms with Gasteiger partial charge in [-0.25, -0.2) is 9.59 Å². The first-order valence-electron chi connectivity index (χ1n) is 23.8. The predicted molar refractivity (Wildman–Crippen MR) is 251 cm³/mol. The van der Waals surface area contributed by atoms with Crippen LogP contribution in [0.3, 0.4) is 0 Å². The first-order chi connectivity index (χ1) is 35.9. The van der Waals surface area contributed by atoms with Crippen molar-refractivity contribution >= 4 is 71.6 Å². The Bertz CT molecular complexity index is 1920. The summed E-state index contributed by atoms with van der Waals surface area (Å²) in [5.41, 5.74) is 0. The molecule has 1 saturated heterocycles. The number of carbonyl (C=O) groups excluding carboxylic acids is 12. The van der Waals surface area contributed by atoms with E-state index in [0.717, 1.165) is 41.5 Å². The SMILES string of the molecule is CC(=O)NC[C@@H](OC(C)=O)C(OC(C)=O)[C@@H](COC(C)=O)OCOCCCNC(=O)CCNC(=O)OCC(O)COC(=O)NCCC(=O)NCCCOC1O[C@H](COC(C)=O)[C@H](OC(C)=O)C(OC(C)=O)[C@H]1NC(C)=O. The van der Waals surface area contributed by atoms with Crippen LogP contribution in [0.15, 0.2) is 0 Å². The van der Waals surface area contributed by atoms with Crippen molar-refractivity contribution in [3.05, 3.63) is 0 Å². The van der Waals surface area contributed by atoms with Crippen molar-refractivity contribution in [1.82, 2.24) is 31.9 Å². The van der Waals surface area contributed by atoms with E-state index in [-0.39, 0.29) is 65.2 Å². The van der Waals surface area contributed by atoms with Crippen LogP contribution in [0.1, 0.15) is 81.1 Å². The smallest absolute Gasteiger partial charge is 0.407 e. The van der Waals surface area contributed by atoms with E-state index < -0.39 is 160 Å². The molecule has 1 fully saturated rings. The first-order valence-corrected chi connectivity index (χ1v) is 23.8. The van der Waals surface area contributed by atoms with Gasteiger partial charge in [-0.1, -0.05) is 0 Å². The van der Waals surface area contributed by atoms with E-state index in [1.165, 1.54) is 13.8 Å². The van der Waals surface area contributed by atoms with Gasteiger partial charge in [0.15, 0.2) is 30.7 Å². The van der Waals surface area contributed by atoms with Crippen LogP contribution in [0.25, 0.3) is 0 Å². The van der Waals surface area contributed by atoms with Crippen molar-refractivity contribution in [3.63, 3.8) is 0 Å². The maximum absolute atomic E-state index is 12.4. The van der Waals surface area contributed by atoms with Crippen LogP contribution >= 0.6 is 0 Å². The van der Waals surface area contributed by atoms with Gasteiger partial charge in [-0.2, -0.15) is 0 Å². The Morgan fingerprint density at radius 1 is 0.539 bits per heavy atom. The Balaban J connectivity index is 2.37. The van der Waals surface area contributed by atoms with E-state index >= 15 is 0 Å². The molecule has 4 unspecified atom stereocenters. The van der Waals surface area contributed by atoms with Gasteiger partial charge < -0.3 is 93.8 Å². The van der Waals surface area contributed by atoms with E-state index in [2.05, 4.69) is 31.9 Å². The molecule has 1 aliphatic rings. The van der Waals surface area contributed by atoms with Crippen LogP contribution in [0.5, 0.6) is 0 Å². The Hall–Kier alpha value is -6.96. The molecule has 6 amide bonds. The summed E-state index contributed by atoms with van der Waals surface area (Å²) < 4.78 is 64.0. The molecule has 9 atom stereocenters. The Kier molecular flexibility index (Phi) is 33.3. The van der Waals surface area contributed by atoms with Gasteiger partial charge in [-0.15, -0.1) is 0 Å². The van der Waals surface area contributed by atoms with Gasteiger partial charge in [0.25, 0.3) is 0 Å². The third-order valence-electron chi connectivity index (χ3n) is 9.56. The van der Waals surface area contributed by atoms with Crippen LogP contribution in [-0.2, 0) is 105 Å². The van der Waals surface area contributed by atoms with Gasteiger partial charge in [0.1, 0.15) is 57.6 Å². The molecule has 0 radical (unpaired) electrons. The molecule has 0 bridgehead atoms. The van der Waals surface area contributed by atoms with Crippen molar-refractivity contribution in [2.75, 3.05) is 79.2 Å². The zero-order chi connectivity index (χ0) is 57.2. The van der Waals surface area contributed by atoms with E-state index in [9.17, 15) is 62.6 Å². The van der Waals surface area contributed by atoms with Gasteiger partial charge in [0.05, 0.1) is 19.8 Å². The largest absolute Gasteiger partial charge is 0.463 e. The molecule has 7 N–H and O–H groups in total. The molecule has 1 aliphatic heterocycles. The highest BCUT2D eigenvalue weighted by Gasteiger charge is 2.51. The van der Waals surface area contributed by atoms with Crippen molar-refractivity contribution in [2.45, 2.75) is 136 Å². The molecule has 0 aromatic carbocycles. The zero-order valence-corrected chi connectivity index (χ0v) is 43.8. The minimum Gasteiger partial charge on any atom is -0.463 e. The summed E-state index contributed by atoms with van der Waals surface area (Å²) in [6.07, 6.45) is -11.9. The maximum atomic E-state index is 12.4. The van der Waals surface area contributed by atoms with Crippen molar-refractivity contribution in [2.24, 2.45) is 0 Å². The van der Waals surface area contributed by atoms with E-state index in [4.69, 9.17) is 56.8 Å². The third kappa shape index (κ3) is 31.7. The number of aliphatic hydroxyl groups excluding tert-OH is 1. The van der Waals surface area contributed by atoms with Crippen LogP contribution in [0.4, 0.5) is 9.59 Å². The average molecular weight is 1100 g/mol. The molecule has 0 aliphatic carbocycles. The summed E-state index contributed by atoms with van der Waals surface area (Å²) in [6.45, 7) is 6.43. The lowest BCUT2D eigenvalue weighted by atomic mass is 9.96. The number of amides is 6. The highest BCUT2D eigenvalue weighted by molar-refractivity contribution is 5.78. The normalized spacial score (nSPS) is 18.2. The van der Waals surface area contributed by atoms with Crippen LogP contribution in [-0.4, -0.2) is 211 Å². The molecule has 31 heteroatoms. The van der Waals surface area contributed by atoms with Gasteiger partial charge in [-0.3, -0.25) is 47.9 Å². The number of alkyl carbamates (subject to hydrolysis) is 2. The molecule has 0 aromatic rings. The predicted octanol–water partition coefficient (Wildman–Crippen LogP) is -2.81. The number of hydrogen-bond acceptors (Lipinski definition) is 25. The van der Waals surface area contributed by atoms with Crippen LogP contribution in [0.2, 0.25) is 0 Å². The summed E-state index contributed by atoms with van der Waals surface area (Å²) in [4.78, 5) is 143. The fourth-order valence-electron chi connectivity index (χ4n) is 6.46. The minimum atomic E-state index is -1.42. The number of ether oxygens (including phenoxy) is 12. The number of rotatable bonds is 35. The monoisotopic (exact) mass is 1100 g/mol. The quantitative estimate of drug-likeness (QED) is 0.0146. The molecule has 0 aromatic heterocycles. The molecule has 0 saturated carbocycles. The van der Waals surface area contributed by atoms with Gasteiger partial charge in [-0.05, 0) is 12.8 Å². The van der Waals surface area contributed by atoms with Crippen molar-refractivity contribution in [1.29, 1.82) is 0 Å². The maximum Gasteiger partial charge on any atom is 0.407 e. The Morgan fingerprint density at radius 3 is 1.58 bits per heavy atom. The van der Waals surface area contributed by atoms with E-state index in [1.807, 2.05) is 0 Å². The topological polar surface area (TPSA) is 408 Å². The van der Waals surface area contributed by atoms with Gasteiger partial charge in [0.2, 0.25) is 23.6 Å². The number of carbonyl (C=O) groups is 12. The second-order valence-corrected chi connectivity index (χ2v) is 16.4. The molecule has 432 valence electrons. The molecular formula is C45H72N6O25. The standard InChI is InChI=1S/C45H72N6O25/c1-25(52)50-19-34(72-29(5)56)40(73-30(6)57)35(22-67-27(3)54)71-24-65-17-9-13-46-37(61)11-15-48-44(63)69-20-33(60)21-70-45(64)49-16-12-38(62)47-14-10-18-66-43-39(51-26(2)53)42(75-32(8)59)41(74-31(7)58)36(76-43)23-68-28(4)55/h33-36,39-43,60H,9-24H2,1-8H3,(H,46,61)(H,47,62)(H,48,63)(H,49,64)(H,50,52)(H,51,53)/t33?,34-,35-,36-,39-,40?,41+,42?,43?/m1/s1. The molecule has 1 rings (SSSR count). The average Bonchev–Trinajstić information content (AvgIpc) is 3.31. The van der Waals surface area contributed by atoms with Crippen LogP contribution < -0.4 is 31.9 Å². The number of esters is 6. The lowest BCUT2D eigenvalue weighted by Gasteiger charge is -2.44. The summed E-state index contributed by atoms with van der Waals surface area (Å²) in [6, 6.07) is -1.17. The summed E-state index contributed by atoms with van der Waals surface area (Å²) in [5, 5.41) is 25.0. The summed E-state index contributed by atoms with van der Waals surface area (Å²) in [5.74, 6) is -6.33. The fourth-order valence-corrected chi connectivity index (χ4v) is 6.46. The molecule has 31 nitrogen and oxygen atoms in total. The Labute approximate surface area is 437 Å². The molecule has 0 spiro atoms. The van der Waals surface area contributed by atoms with Crippen molar-refractivity contribution < 1.29 is 119 Å². The second-order valence-electron chi connectivity index (χ2n) is 16.4. The highest BCUT2D eigenvalue weighted by atomic mass is 16.7. The molecule has 76 heavy (non-hydrogen) atoms. The Morgan fingerprint density at radius 2 is 1.08 bits per heavy atom. The second kappa shape index (κ2) is 37.7. The van der Waals surface area contributed by atoms with Gasteiger partial charge >= 0.3 is 48.0 Å². The minimum absolute atomic E-state index is 0.0637. The summed E-state index contributed by atoms with van der Waals surface area (Å²) >= 11 is 0. The zero-order valence-electron chi connectivity index (χ0n) is 43.8. The number of aliphatic hydroxyl groups is 1. The molecule has 1 heterocycles. The lowest BCUT2D eigenvalue weighted by molar-refractivity contribution is -0.277. The van der Waals surface area contributed by atoms with Crippen LogP contribution in [0, 0.1) is 0 Å². The lowest BCUT2D eigenvalue weighted by Crippen LogP contribution is -2.66. The third-order valence-corrected chi connectivity index (χ3v) is 9.56. The first kappa shape index (κ1) is 67.1. The number of hydrogen-bond donors (Lipinski definition) is 7. The van der Waals surface area contributed by atoms with Gasteiger partial charge in [0, 0.05) is 94.4 Å². The van der Waals surface area contributed by atoms with E-state index in [1.54, 1.807) is 0 Å². The fraction of sp³-hybridized carbons (Fsp3) is 0.733. The molecular weight excluding hydrogens is 1020 g/mol. The van der Waals surface area contributed by atoms with Crippen molar-refractivity contribution in [3.8, 4) is 0 Å². The highest BCUT2D eigenvalue weighted by Crippen LogP contribution is 2.28.